The number of hydrogen-bond acceptors (Lipinski definition) is 1. The molecule has 0 saturated heterocycles. The molecule has 0 aliphatic heterocycles. The van der Waals surface area contributed by atoms with Gasteiger partial charge < -0.3 is 5.32 Å². The average molecular weight is 314 g/mol. The molecule has 1 amide bonds. The number of alkyl halides is 1. The largest absolute Gasteiger partial charge is 0.359 e. The number of halogens is 1. The van der Waals surface area contributed by atoms with Gasteiger partial charge in [0.05, 0.1) is 8.07 Å². The number of hydrogen-bond donors (Lipinski definition) is 1. The second-order valence-corrected chi connectivity index (χ2v) is 10.3. The first kappa shape index (κ1) is 14.4. The Balaban J connectivity index is 2.70. The average Bonchev–Trinajstić information content (AvgIpc) is 2.36. The summed E-state index contributed by atoms with van der Waals surface area (Å²) in [5.74, 6) is 0.141. The van der Waals surface area contributed by atoms with E-state index in [0.717, 1.165) is 11.4 Å². The molecule has 0 saturated carbocycles. The fourth-order valence-corrected chi connectivity index (χ4v) is 4.32. The fraction of sp³-hybridized carbons (Fsp3) is 0.462. The van der Waals surface area contributed by atoms with Crippen molar-refractivity contribution < 1.29 is 4.79 Å². The highest BCUT2D eigenvalue weighted by atomic mass is 79.9. The van der Waals surface area contributed by atoms with Gasteiger partial charge in [-0.05, 0) is 11.6 Å². The highest BCUT2D eigenvalue weighted by Gasteiger charge is 2.23. The van der Waals surface area contributed by atoms with Crippen LogP contribution in [0, 0.1) is 0 Å². The normalized spacial score (nSPS) is 11.3. The number of carbonyl (C=O) groups excluding carboxylic acids is 1. The van der Waals surface area contributed by atoms with Gasteiger partial charge in [-0.2, -0.15) is 0 Å². The number of benzene rings is 1. The summed E-state index contributed by atoms with van der Waals surface area (Å²) in [5.41, 5.74) is 1.30. The van der Waals surface area contributed by atoms with Gasteiger partial charge in [-0.3, -0.25) is 4.79 Å². The molecule has 0 fully saturated rings. The van der Waals surface area contributed by atoms with Crippen LogP contribution in [-0.4, -0.2) is 21.0 Å². The molecule has 0 heterocycles. The SMILES string of the molecule is CNC(=O)CC[Si](C)(C)c1ccc(CBr)cc1. The van der Waals surface area contributed by atoms with E-state index in [-0.39, 0.29) is 5.91 Å². The van der Waals surface area contributed by atoms with Gasteiger partial charge in [0, 0.05) is 18.8 Å². The summed E-state index contributed by atoms with van der Waals surface area (Å²) in [7, 11) is 0.226. The molecule has 94 valence electrons. The minimum Gasteiger partial charge on any atom is -0.359 e. The third-order valence-electron chi connectivity index (χ3n) is 3.15. The third kappa shape index (κ3) is 4.28. The van der Waals surface area contributed by atoms with E-state index in [0.29, 0.717) is 6.42 Å². The molecular formula is C13H20BrNOSi. The van der Waals surface area contributed by atoms with E-state index in [1.165, 1.54) is 10.8 Å². The Morgan fingerprint density at radius 1 is 1.29 bits per heavy atom. The number of nitrogens with one attached hydrogen (secondary N) is 1. The summed E-state index contributed by atoms with van der Waals surface area (Å²) >= 11 is 3.45. The van der Waals surface area contributed by atoms with Gasteiger partial charge in [0.15, 0.2) is 0 Å². The highest BCUT2D eigenvalue weighted by molar-refractivity contribution is 9.08. The second-order valence-electron chi connectivity index (χ2n) is 4.89. The summed E-state index contributed by atoms with van der Waals surface area (Å²) in [5, 5.41) is 5.00. The van der Waals surface area contributed by atoms with Gasteiger partial charge in [0.1, 0.15) is 0 Å². The molecule has 0 spiro atoms. The zero-order valence-corrected chi connectivity index (χ0v) is 13.3. The molecule has 0 atom stereocenters. The van der Waals surface area contributed by atoms with Crippen molar-refractivity contribution in [1.82, 2.24) is 5.32 Å². The van der Waals surface area contributed by atoms with Gasteiger partial charge in [0.25, 0.3) is 0 Å². The van der Waals surface area contributed by atoms with Crippen LogP contribution in [0.25, 0.3) is 0 Å². The van der Waals surface area contributed by atoms with E-state index < -0.39 is 8.07 Å². The third-order valence-corrected chi connectivity index (χ3v) is 7.19. The number of carbonyl (C=O) groups is 1. The zero-order chi connectivity index (χ0) is 12.9. The molecule has 0 aliphatic rings. The predicted molar refractivity (Wildman–Crippen MR) is 79.7 cm³/mol. The van der Waals surface area contributed by atoms with Gasteiger partial charge in [-0.25, -0.2) is 0 Å². The van der Waals surface area contributed by atoms with Gasteiger partial charge in [-0.15, -0.1) is 0 Å². The van der Waals surface area contributed by atoms with Gasteiger partial charge >= 0.3 is 0 Å². The molecule has 1 N–H and O–H groups in total. The second kappa shape index (κ2) is 6.35. The van der Waals surface area contributed by atoms with Gasteiger partial charge in [-0.1, -0.05) is 58.5 Å². The maximum absolute atomic E-state index is 11.3. The topological polar surface area (TPSA) is 29.1 Å². The van der Waals surface area contributed by atoms with Crippen LogP contribution >= 0.6 is 15.9 Å². The van der Waals surface area contributed by atoms with Crippen molar-refractivity contribution in [3.8, 4) is 0 Å². The Morgan fingerprint density at radius 2 is 1.88 bits per heavy atom. The highest BCUT2D eigenvalue weighted by Crippen LogP contribution is 2.13. The molecular weight excluding hydrogens is 294 g/mol. The quantitative estimate of drug-likeness (QED) is 0.657. The molecule has 4 heteroatoms. The molecule has 1 rings (SSSR count). The van der Waals surface area contributed by atoms with E-state index in [1.54, 1.807) is 7.05 Å². The maximum Gasteiger partial charge on any atom is 0.219 e. The van der Waals surface area contributed by atoms with Crippen LogP contribution in [0.4, 0.5) is 0 Å². The van der Waals surface area contributed by atoms with Crippen LogP contribution in [0.1, 0.15) is 12.0 Å². The first-order valence-corrected chi connectivity index (χ1v) is 10.2. The van der Waals surface area contributed by atoms with Crippen molar-refractivity contribution >= 4 is 35.1 Å². The van der Waals surface area contributed by atoms with Crippen molar-refractivity contribution in [1.29, 1.82) is 0 Å². The Hall–Kier alpha value is -0.613. The van der Waals surface area contributed by atoms with Crippen LogP contribution in [0.2, 0.25) is 19.1 Å². The number of amides is 1. The summed E-state index contributed by atoms with van der Waals surface area (Å²) in [6, 6.07) is 9.76. The Bertz CT molecular complexity index is 376. The van der Waals surface area contributed by atoms with Crippen molar-refractivity contribution in [3.63, 3.8) is 0 Å². The van der Waals surface area contributed by atoms with Crippen LogP contribution in [0.5, 0.6) is 0 Å². The predicted octanol–water partition coefficient (Wildman–Crippen LogP) is 2.63. The molecule has 1 aromatic rings. The van der Waals surface area contributed by atoms with Crippen LogP contribution in [0.15, 0.2) is 24.3 Å². The lowest BCUT2D eigenvalue weighted by atomic mass is 10.2. The molecule has 17 heavy (non-hydrogen) atoms. The minimum absolute atomic E-state index is 0.141. The van der Waals surface area contributed by atoms with E-state index in [2.05, 4.69) is 58.6 Å². The van der Waals surface area contributed by atoms with Crippen LogP contribution in [-0.2, 0) is 10.1 Å². The minimum atomic E-state index is -1.47. The Morgan fingerprint density at radius 3 is 2.35 bits per heavy atom. The zero-order valence-electron chi connectivity index (χ0n) is 10.7. The van der Waals surface area contributed by atoms with E-state index in [9.17, 15) is 4.79 Å². The van der Waals surface area contributed by atoms with E-state index in [1.807, 2.05) is 0 Å². The van der Waals surface area contributed by atoms with Crippen LogP contribution in [0.3, 0.4) is 0 Å². The van der Waals surface area contributed by atoms with Crippen molar-refractivity contribution in [2.24, 2.45) is 0 Å². The lowest BCUT2D eigenvalue weighted by molar-refractivity contribution is -0.120. The summed E-state index contributed by atoms with van der Waals surface area (Å²) in [4.78, 5) is 11.3. The van der Waals surface area contributed by atoms with E-state index in [4.69, 9.17) is 0 Å². The van der Waals surface area contributed by atoms with Crippen LogP contribution < -0.4 is 10.5 Å². The first-order valence-electron chi connectivity index (χ1n) is 5.85. The van der Waals surface area contributed by atoms with E-state index >= 15 is 0 Å². The molecule has 1 aromatic carbocycles. The monoisotopic (exact) mass is 313 g/mol. The maximum atomic E-state index is 11.3. The molecule has 0 aromatic heterocycles. The molecule has 0 bridgehead atoms. The standard InChI is InChI=1S/C13H20BrNOSi/c1-15-13(16)8-9-17(2,3)12-6-4-11(10-14)5-7-12/h4-7H,8-10H2,1-3H3,(H,15,16). The summed E-state index contributed by atoms with van der Waals surface area (Å²) in [6.07, 6.45) is 0.635. The Kier molecular flexibility index (Phi) is 5.40. The van der Waals surface area contributed by atoms with Crippen molar-refractivity contribution in [2.75, 3.05) is 7.05 Å². The first-order chi connectivity index (χ1) is 7.99. The van der Waals surface area contributed by atoms with Crippen molar-refractivity contribution in [3.05, 3.63) is 29.8 Å². The summed E-state index contributed by atoms with van der Waals surface area (Å²) < 4.78 is 0. The Labute approximate surface area is 113 Å². The fourth-order valence-electron chi connectivity index (χ4n) is 1.74. The number of rotatable bonds is 5. The lowest BCUT2D eigenvalue weighted by Crippen LogP contribution is -2.42. The molecule has 0 aliphatic carbocycles. The molecule has 0 radical (unpaired) electrons. The van der Waals surface area contributed by atoms with Crippen molar-refractivity contribution in [2.45, 2.75) is 30.9 Å². The molecule has 0 unspecified atom stereocenters. The lowest BCUT2D eigenvalue weighted by Gasteiger charge is -2.22. The summed E-state index contributed by atoms with van der Waals surface area (Å²) in [6.45, 7) is 4.64. The smallest absolute Gasteiger partial charge is 0.219 e. The van der Waals surface area contributed by atoms with Gasteiger partial charge in [0.2, 0.25) is 5.91 Å². The molecule has 2 nitrogen and oxygen atoms in total.